The third kappa shape index (κ3) is 9.87. The molecule has 2 rings (SSSR count). The summed E-state index contributed by atoms with van der Waals surface area (Å²) in [6.45, 7) is -1.43. The Balaban J connectivity index is 2.26. The lowest BCUT2D eigenvalue weighted by Gasteiger charge is -2.25. The molecular weight excluding hydrogens is 546 g/mol. The van der Waals surface area contributed by atoms with E-state index >= 15 is 0 Å². The zero-order valence-electron chi connectivity index (χ0n) is 23.0. The minimum Gasteiger partial charge on any atom is -0.488 e. The van der Waals surface area contributed by atoms with Crippen molar-refractivity contribution in [3.05, 3.63) is 52.6 Å². The molecule has 0 fully saturated rings. The molecule has 41 heavy (non-hydrogen) atoms. The van der Waals surface area contributed by atoms with Crippen LogP contribution >= 0.6 is 0 Å². The number of benzene rings is 2. The van der Waals surface area contributed by atoms with Gasteiger partial charge in [0.1, 0.15) is 50.9 Å². The van der Waals surface area contributed by atoms with Crippen LogP contribution in [0.3, 0.4) is 0 Å². The van der Waals surface area contributed by atoms with Gasteiger partial charge in [-0.15, -0.1) is 0 Å². The summed E-state index contributed by atoms with van der Waals surface area (Å²) in [5.74, 6) is -2.20. The number of hydrogen-bond donors (Lipinski definition) is 0. The zero-order chi connectivity index (χ0) is 30.4. The minimum atomic E-state index is -0.665. The first-order valence-electron chi connectivity index (χ1n) is 12.0. The standard InChI is InChI=1S/C26H31N3O12/c1-36-23(30)14-27(15-24(31)37-2)19-7-5-6-8-21(19)40-11-12-41-22-13-18(29(34)35)9-10-20(22)28(16-25(32)38-3)17-26(33)39-4/h5-10,13H,11-12,14-17H2,1-4H3. The van der Waals surface area contributed by atoms with E-state index < -0.39 is 28.8 Å². The third-order valence-corrected chi connectivity index (χ3v) is 5.49. The molecule has 0 bridgehead atoms. The van der Waals surface area contributed by atoms with Gasteiger partial charge in [0.05, 0.1) is 50.8 Å². The maximum atomic E-state index is 12.0. The molecule has 222 valence electrons. The van der Waals surface area contributed by atoms with E-state index in [0.717, 1.165) is 6.07 Å². The van der Waals surface area contributed by atoms with Crippen molar-refractivity contribution in [2.24, 2.45) is 0 Å². The van der Waals surface area contributed by atoms with Gasteiger partial charge in [0.2, 0.25) is 0 Å². The second kappa shape index (κ2) is 16.1. The summed E-state index contributed by atoms with van der Waals surface area (Å²) in [4.78, 5) is 61.3. The fourth-order valence-corrected chi connectivity index (χ4v) is 3.47. The molecule has 15 nitrogen and oxygen atoms in total. The molecule has 2 aromatic rings. The molecule has 0 N–H and O–H groups in total. The Morgan fingerprint density at radius 3 is 1.51 bits per heavy atom. The number of esters is 4. The van der Waals surface area contributed by atoms with Gasteiger partial charge in [-0.3, -0.25) is 29.3 Å². The number of carbonyl (C=O) groups excluding carboxylic acids is 4. The summed E-state index contributed by atoms with van der Waals surface area (Å²) < 4.78 is 30.5. The fourth-order valence-electron chi connectivity index (χ4n) is 3.47. The molecule has 0 saturated carbocycles. The van der Waals surface area contributed by atoms with Crippen LogP contribution in [0.5, 0.6) is 11.5 Å². The molecular formula is C26H31N3O12. The minimum absolute atomic E-state index is 0.00176. The van der Waals surface area contributed by atoms with Gasteiger partial charge in [-0.25, -0.2) is 0 Å². The Bertz CT molecular complexity index is 1200. The van der Waals surface area contributed by atoms with Crippen LogP contribution < -0.4 is 19.3 Å². The summed E-state index contributed by atoms with van der Waals surface area (Å²) in [5, 5.41) is 11.4. The van der Waals surface area contributed by atoms with Crippen molar-refractivity contribution in [2.45, 2.75) is 0 Å². The Hall–Kier alpha value is -5.08. The van der Waals surface area contributed by atoms with Crippen molar-refractivity contribution in [3.8, 4) is 11.5 Å². The smallest absolute Gasteiger partial charge is 0.325 e. The maximum absolute atomic E-state index is 12.0. The van der Waals surface area contributed by atoms with Crippen LogP contribution in [0.2, 0.25) is 0 Å². The normalized spacial score (nSPS) is 10.1. The number of para-hydroxylation sites is 2. The molecule has 0 amide bonds. The molecule has 0 unspecified atom stereocenters. The van der Waals surface area contributed by atoms with Crippen LogP contribution in [0.1, 0.15) is 0 Å². The Kier molecular flexibility index (Phi) is 12.6. The van der Waals surface area contributed by atoms with Gasteiger partial charge in [-0.05, 0) is 18.2 Å². The molecule has 0 atom stereocenters. The predicted molar refractivity (Wildman–Crippen MR) is 143 cm³/mol. The van der Waals surface area contributed by atoms with E-state index in [4.69, 9.17) is 28.4 Å². The zero-order valence-corrected chi connectivity index (χ0v) is 23.0. The van der Waals surface area contributed by atoms with Crippen molar-refractivity contribution in [1.29, 1.82) is 0 Å². The fraction of sp³-hybridized carbons (Fsp3) is 0.385. The largest absolute Gasteiger partial charge is 0.488 e. The third-order valence-electron chi connectivity index (χ3n) is 5.49. The van der Waals surface area contributed by atoms with E-state index in [2.05, 4.69) is 0 Å². The molecule has 0 saturated heterocycles. The number of hydrogen-bond acceptors (Lipinski definition) is 14. The average molecular weight is 578 g/mol. The van der Waals surface area contributed by atoms with E-state index in [9.17, 15) is 29.3 Å². The van der Waals surface area contributed by atoms with Crippen LogP contribution in [-0.2, 0) is 38.1 Å². The van der Waals surface area contributed by atoms with Crippen LogP contribution in [0.4, 0.5) is 17.1 Å². The van der Waals surface area contributed by atoms with Crippen molar-refractivity contribution in [1.82, 2.24) is 0 Å². The lowest BCUT2D eigenvalue weighted by Crippen LogP contribution is -2.36. The van der Waals surface area contributed by atoms with Crippen LogP contribution in [0.25, 0.3) is 0 Å². The van der Waals surface area contributed by atoms with E-state index in [1.54, 1.807) is 24.3 Å². The molecule has 0 heterocycles. The summed E-state index contributed by atoms with van der Waals surface area (Å²) in [7, 11) is 4.80. The van der Waals surface area contributed by atoms with Gasteiger partial charge in [0.15, 0.2) is 0 Å². The molecule has 0 aliphatic rings. The van der Waals surface area contributed by atoms with Crippen LogP contribution in [0, 0.1) is 10.1 Å². The molecule has 0 radical (unpaired) electrons. The van der Waals surface area contributed by atoms with Gasteiger partial charge < -0.3 is 38.2 Å². The SMILES string of the molecule is COC(=O)CN(CC(=O)OC)c1ccccc1OCCOc1cc([N+](=O)[O-])ccc1N(CC(=O)OC)CC(=O)OC. The van der Waals surface area contributed by atoms with Crippen molar-refractivity contribution < 1.29 is 52.5 Å². The van der Waals surface area contributed by atoms with Gasteiger partial charge in [-0.1, -0.05) is 12.1 Å². The monoisotopic (exact) mass is 577 g/mol. The highest BCUT2D eigenvalue weighted by molar-refractivity contribution is 5.83. The van der Waals surface area contributed by atoms with Gasteiger partial charge in [0, 0.05) is 6.07 Å². The highest BCUT2D eigenvalue weighted by Gasteiger charge is 2.23. The maximum Gasteiger partial charge on any atom is 0.325 e. The first kappa shape index (κ1) is 32.1. The summed E-state index contributed by atoms with van der Waals surface area (Å²) >= 11 is 0. The molecule has 0 aliphatic carbocycles. The first-order valence-corrected chi connectivity index (χ1v) is 12.0. The highest BCUT2D eigenvalue weighted by Crippen LogP contribution is 2.33. The molecule has 0 aromatic heterocycles. The van der Waals surface area contributed by atoms with Crippen LogP contribution in [-0.4, -0.2) is 96.6 Å². The summed E-state index contributed by atoms with van der Waals surface area (Å²) in [5.41, 5.74) is 0.322. The molecule has 15 heteroatoms. The summed E-state index contributed by atoms with van der Waals surface area (Å²) in [6, 6.07) is 10.3. The van der Waals surface area contributed by atoms with Crippen LogP contribution in [0.15, 0.2) is 42.5 Å². The highest BCUT2D eigenvalue weighted by atomic mass is 16.6. The lowest BCUT2D eigenvalue weighted by atomic mass is 10.2. The topological polar surface area (TPSA) is 173 Å². The molecule has 2 aromatic carbocycles. The van der Waals surface area contributed by atoms with E-state index in [1.165, 1.54) is 50.4 Å². The number of nitrogens with zero attached hydrogens (tertiary/aromatic N) is 3. The van der Waals surface area contributed by atoms with E-state index in [-0.39, 0.29) is 56.5 Å². The first-order chi connectivity index (χ1) is 19.6. The lowest BCUT2D eigenvalue weighted by molar-refractivity contribution is -0.384. The van der Waals surface area contributed by atoms with E-state index in [0.29, 0.717) is 11.4 Å². The van der Waals surface area contributed by atoms with Crippen molar-refractivity contribution >= 4 is 40.9 Å². The summed E-state index contributed by atoms with van der Waals surface area (Å²) in [6.07, 6.45) is 0. The predicted octanol–water partition coefficient (Wildman–Crippen LogP) is 1.36. The number of ether oxygens (including phenoxy) is 6. The number of rotatable bonds is 16. The number of carbonyl (C=O) groups is 4. The molecule has 0 aliphatic heterocycles. The Morgan fingerprint density at radius 2 is 1.07 bits per heavy atom. The quantitative estimate of drug-likeness (QED) is 0.0919. The van der Waals surface area contributed by atoms with E-state index in [1.807, 2.05) is 0 Å². The average Bonchev–Trinajstić information content (AvgIpc) is 2.98. The molecule has 0 spiro atoms. The number of anilines is 2. The Morgan fingerprint density at radius 1 is 0.659 bits per heavy atom. The number of nitro benzene ring substituents is 1. The second-order valence-corrected chi connectivity index (χ2v) is 8.09. The van der Waals surface area contributed by atoms with Gasteiger partial charge >= 0.3 is 23.9 Å². The number of non-ortho nitro benzene ring substituents is 1. The van der Waals surface area contributed by atoms with Gasteiger partial charge in [-0.2, -0.15) is 0 Å². The van der Waals surface area contributed by atoms with Crippen molar-refractivity contribution in [2.75, 3.05) is 77.6 Å². The number of nitro groups is 1. The van der Waals surface area contributed by atoms with Gasteiger partial charge in [0.25, 0.3) is 5.69 Å². The Labute approximate surface area is 235 Å². The second-order valence-electron chi connectivity index (χ2n) is 8.09. The van der Waals surface area contributed by atoms with Crippen molar-refractivity contribution in [3.63, 3.8) is 0 Å². The number of methoxy groups -OCH3 is 4.